The lowest BCUT2D eigenvalue weighted by molar-refractivity contribution is -0.140. The number of pyridine rings is 2. The number of nitrogens with one attached hydrogen (secondary N) is 2. The predicted octanol–water partition coefficient (Wildman–Crippen LogP) is 3.38. The summed E-state index contributed by atoms with van der Waals surface area (Å²) in [6.07, 6.45) is 7.40. The Morgan fingerprint density at radius 2 is 2.05 bits per heavy atom. The number of piperazine rings is 1. The first kappa shape index (κ1) is 30.6. The fourth-order valence-electron chi connectivity index (χ4n) is 5.79. The zero-order valence-electron chi connectivity index (χ0n) is 24.1. The summed E-state index contributed by atoms with van der Waals surface area (Å²) in [6.45, 7) is 4.63. The normalized spacial score (nSPS) is 21.6. The van der Waals surface area contributed by atoms with Gasteiger partial charge in [0.25, 0.3) is 5.91 Å². The summed E-state index contributed by atoms with van der Waals surface area (Å²) in [5, 5.41) is 15.4. The highest BCUT2D eigenvalue weighted by Crippen LogP contribution is 2.34. The van der Waals surface area contributed by atoms with Crippen LogP contribution in [0.25, 0.3) is 0 Å². The Balaban J connectivity index is 1.06. The van der Waals surface area contributed by atoms with Crippen molar-refractivity contribution in [3.63, 3.8) is 0 Å². The van der Waals surface area contributed by atoms with Crippen molar-refractivity contribution in [2.24, 2.45) is 5.92 Å². The van der Waals surface area contributed by atoms with E-state index < -0.39 is 23.7 Å². The molecule has 42 heavy (non-hydrogen) atoms. The number of nitrogens with zero attached hydrogens (tertiary/aromatic N) is 4. The molecule has 2 aromatic heterocycles. The van der Waals surface area contributed by atoms with Crippen molar-refractivity contribution in [2.75, 3.05) is 51.7 Å². The van der Waals surface area contributed by atoms with Gasteiger partial charge in [-0.3, -0.25) is 14.7 Å². The van der Waals surface area contributed by atoms with Crippen molar-refractivity contribution in [3.8, 4) is 0 Å². The summed E-state index contributed by atoms with van der Waals surface area (Å²) in [5.41, 5.74) is 2.12. The van der Waals surface area contributed by atoms with Crippen LogP contribution in [0.15, 0.2) is 18.3 Å². The van der Waals surface area contributed by atoms with Crippen LogP contribution in [0, 0.1) is 11.7 Å². The lowest BCUT2D eigenvalue weighted by atomic mass is 9.79. The molecule has 1 saturated heterocycles. The summed E-state index contributed by atoms with van der Waals surface area (Å²) in [7, 11) is 2.03. The number of hydrogen-bond donors (Lipinski definition) is 3. The number of aromatic nitrogens is 2. The molecule has 3 aliphatic rings. The number of carboxylic acid groups (broad SMARTS) is 1. The minimum atomic E-state index is -1.23. The van der Waals surface area contributed by atoms with Crippen LogP contribution >= 0.6 is 11.6 Å². The Hall–Kier alpha value is -2.86. The molecule has 1 atom stereocenters. The van der Waals surface area contributed by atoms with Gasteiger partial charge < -0.3 is 25.4 Å². The van der Waals surface area contributed by atoms with Gasteiger partial charge in [0, 0.05) is 64.2 Å². The summed E-state index contributed by atoms with van der Waals surface area (Å²) < 4.78 is 21.2. The summed E-state index contributed by atoms with van der Waals surface area (Å²) >= 11 is 6.14. The molecule has 2 aromatic rings. The van der Waals surface area contributed by atoms with E-state index in [2.05, 4.69) is 37.6 Å². The van der Waals surface area contributed by atoms with E-state index in [4.69, 9.17) is 21.3 Å². The number of anilines is 1. The van der Waals surface area contributed by atoms with Crippen LogP contribution in [0.1, 0.15) is 59.4 Å². The number of fused-ring (bicyclic) bond motifs is 1. The molecule has 2 fully saturated rings. The van der Waals surface area contributed by atoms with Gasteiger partial charge >= 0.3 is 5.97 Å². The lowest BCUT2D eigenvalue weighted by Crippen LogP contribution is -2.44. The molecule has 3 N–H and O–H groups in total. The van der Waals surface area contributed by atoms with E-state index in [1.165, 1.54) is 11.8 Å². The Kier molecular flexibility index (Phi) is 10.3. The van der Waals surface area contributed by atoms with Crippen LogP contribution < -0.4 is 10.6 Å². The van der Waals surface area contributed by atoms with Gasteiger partial charge in [0.05, 0.1) is 22.4 Å². The van der Waals surface area contributed by atoms with Crippen LogP contribution in [-0.4, -0.2) is 95.3 Å². The van der Waals surface area contributed by atoms with Crippen molar-refractivity contribution in [1.82, 2.24) is 25.1 Å². The van der Waals surface area contributed by atoms with Crippen molar-refractivity contribution in [2.45, 2.75) is 63.6 Å². The summed E-state index contributed by atoms with van der Waals surface area (Å²) in [6, 6.07) is 3.07. The Morgan fingerprint density at radius 1 is 1.26 bits per heavy atom. The molecular weight excluding hydrogens is 563 g/mol. The first-order valence-corrected chi connectivity index (χ1v) is 15.3. The molecule has 0 aromatic carbocycles. The average molecular weight is 603 g/mol. The molecular formula is C30H40ClFN6O4. The molecule has 0 spiro atoms. The maximum Gasteiger partial charge on any atom is 0.326 e. The largest absolute Gasteiger partial charge is 0.480 e. The van der Waals surface area contributed by atoms with Gasteiger partial charge in [-0.25, -0.2) is 14.2 Å². The number of carbonyl (C=O) groups excluding carboxylic acids is 1. The van der Waals surface area contributed by atoms with Crippen LogP contribution in [0.3, 0.4) is 0 Å². The monoisotopic (exact) mass is 602 g/mol. The van der Waals surface area contributed by atoms with E-state index >= 15 is 4.39 Å². The number of aliphatic carboxylic acids is 1. The third kappa shape index (κ3) is 7.75. The van der Waals surface area contributed by atoms with Gasteiger partial charge in [-0.05, 0) is 63.1 Å². The second-order valence-electron chi connectivity index (χ2n) is 11.7. The minimum absolute atomic E-state index is 0.0623. The summed E-state index contributed by atoms with van der Waals surface area (Å²) in [5.74, 6) is -1.33. The number of likely N-dealkylation sites (N-methyl/N-ethyl adjacent to an activating group) is 1. The van der Waals surface area contributed by atoms with Crippen LogP contribution in [-0.2, 0) is 28.9 Å². The van der Waals surface area contributed by atoms with Crippen LogP contribution in [0.4, 0.5) is 10.2 Å². The Morgan fingerprint density at radius 3 is 2.81 bits per heavy atom. The molecule has 228 valence electrons. The van der Waals surface area contributed by atoms with E-state index in [0.717, 1.165) is 82.8 Å². The molecule has 0 radical (unpaired) electrons. The summed E-state index contributed by atoms with van der Waals surface area (Å²) in [4.78, 5) is 38.0. The zero-order valence-corrected chi connectivity index (χ0v) is 24.8. The first-order chi connectivity index (χ1) is 20.3. The maximum absolute atomic E-state index is 15.3. The number of amides is 1. The highest BCUT2D eigenvalue weighted by atomic mass is 35.5. The molecule has 5 rings (SSSR count). The fourth-order valence-corrected chi connectivity index (χ4v) is 6.01. The van der Waals surface area contributed by atoms with Gasteiger partial charge in [0.1, 0.15) is 11.9 Å². The van der Waals surface area contributed by atoms with E-state index in [1.807, 2.05) is 7.05 Å². The highest BCUT2D eigenvalue weighted by molar-refractivity contribution is 6.33. The molecule has 1 amide bonds. The van der Waals surface area contributed by atoms with E-state index in [0.29, 0.717) is 5.92 Å². The molecule has 1 aliphatic carbocycles. The van der Waals surface area contributed by atoms with Crippen molar-refractivity contribution < 1.29 is 23.8 Å². The number of rotatable bonds is 12. The van der Waals surface area contributed by atoms with Gasteiger partial charge in [-0.2, -0.15) is 0 Å². The molecule has 2 aliphatic heterocycles. The third-order valence-corrected chi connectivity index (χ3v) is 8.84. The van der Waals surface area contributed by atoms with Gasteiger partial charge in [-0.15, -0.1) is 0 Å². The number of halogens is 2. The molecule has 0 unspecified atom stereocenters. The van der Waals surface area contributed by atoms with Crippen LogP contribution in [0.5, 0.6) is 0 Å². The van der Waals surface area contributed by atoms with E-state index in [9.17, 15) is 14.7 Å². The first-order valence-electron chi connectivity index (χ1n) is 14.9. The maximum atomic E-state index is 15.3. The topological polar surface area (TPSA) is 120 Å². The van der Waals surface area contributed by atoms with Gasteiger partial charge in [0.2, 0.25) is 0 Å². The van der Waals surface area contributed by atoms with Gasteiger partial charge in [-0.1, -0.05) is 17.7 Å². The SMILES string of the molecule is CN1CCN(Cc2ncc(Cl)c(C(=O)N[C@@H](CCO[C@H]3C[C@@H](CCc4ccc5c(n4)NCCC5)C3)C(=O)O)c2F)CC1. The third-order valence-electron chi connectivity index (χ3n) is 8.56. The zero-order chi connectivity index (χ0) is 29.6. The van der Waals surface area contributed by atoms with Crippen molar-refractivity contribution >= 4 is 29.3 Å². The van der Waals surface area contributed by atoms with E-state index in [1.54, 1.807) is 0 Å². The standard InChI is InChI=1S/C30H40ClFN6O4/c1-37-10-12-38(13-11-37)18-25-27(32)26(23(31)17-34-25)29(39)36-24(30(40)41)8-14-42-22-15-19(16-22)4-6-21-7-5-20-3-2-9-33-28(20)35-21/h5,7,17,19,22,24H,2-4,6,8-16,18H2,1H3,(H,33,35)(H,36,39)(H,40,41)/t19-,22+,24-/m0/s1. The predicted molar refractivity (Wildman–Crippen MR) is 157 cm³/mol. The average Bonchev–Trinajstić information content (AvgIpc) is 2.95. The number of aryl methyl sites for hydroxylation is 2. The molecule has 4 heterocycles. The highest BCUT2D eigenvalue weighted by Gasteiger charge is 2.31. The molecule has 10 nitrogen and oxygen atoms in total. The fraction of sp³-hybridized carbons (Fsp3) is 0.600. The Bertz CT molecular complexity index is 1270. The molecule has 12 heteroatoms. The number of carboxylic acids is 1. The van der Waals surface area contributed by atoms with Crippen molar-refractivity contribution in [3.05, 3.63) is 51.7 Å². The second kappa shape index (κ2) is 14.1. The number of carbonyl (C=O) groups is 2. The molecule has 0 bridgehead atoms. The van der Waals surface area contributed by atoms with Crippen LogP contribution in [0.2, 0.25) is 5.02 Å². The van der Waals surface area contributed by atoms with Gasteiger partial charge in [0.15, 0.2) is 5.82 Å². The van der Waals surface area contributed by atoms with E-state index in [-0.39, 0.29) is 42.0 Å². The second-order valence-corrected chi connectivity index (χ2v) is 12.1. The van der Waals surface area contributed by atoms with Crippen molar-refractivity contribution in [1.29, 1.82) is 0 Å². The molecule has 1 saturated carbocycles. The number of ether oxygens (including phenoxy) is 1. The number of hydrogen-bond acceptors (Lipinski definition) is 8. The quantitative estimate of drug-likeness (QED) is 0.336. The smallest absolute Gasteiger partial charge is 0.326 e. The Labute approximate surface area is 251 Å². The lowest BCUT2D eigenvalue weighted by Gasteiger charge is -2.35. The minimum Gasteiger partial charge on any atom is -0.480 e.